The highest BCUT2D eigenvalue weighted by Crippen LogP contribution is 2.32. The molecule has 0 radical (unpaired) electrons. The minimum absolute atomic E-state index is 0.500. The van der Waals surface area contributed by atoms with Gasteiger partial charge in [0.15, 0.2) is 0 Å². The van der Waals surface area contributed by atoms with E-state index in [2.05, 4.69) is 42.2 Å². The quantitative estimate of drug-likeness (QED) is 0.924. The topological polar surface area (TPSA) is 42.2 Å². The van der Waals surface area contributed by atoms with E-state index in [9.17, 15) is 0 Å². The number of fused-ring (bicyclic) bond motifs is 1. The minimum atomic E-state index is 0.500. The fourth-order valence-electron chi connectivity index (χ4n) is 3.35. The van der Waals surface area contributed by atoms with Gasteiger partial charge in [-0.25, -0.2) is 4.98 Å². The third-order valence-electron chi connectivity index (χ3n) is 4.36. The normalized spacial score (nSPS) is 15.9. The van der Waals surface area contributed by atoms with Gasteiger partial charge in [-0.15, -0.1) is 0 Å². The minimum Gasteiger partial charge on any atom is -0.353 e. The maximum Gasteiger partial charge on any atom is 0.137 e. The van der Waals surface area contributed by atoms with Crippen LogP contribution in [0.1, 0.15) is 38.3 Å². The molecular formula is C17H23N3. The van der Waals surface area contributed by atoms with Crippen molar-refractivity contribution in [3.05, 3.63) is 36.0 Å². The SMILES string of the molecule is CCN(c1nc(CN)cc2ccccc12)C1CCCC1. The summed E-state index contributed by atoms with van der Waals surface area (Å²) in [5.41, 5.74) is 6.81. The predicted molar refractivity (Wildman–Crippen MR) is 84.9 cm³/mol. The fraction of sp³-hybridized carbons (Fsp3) is 0.471. The van der Waals surface area contributed by atoms with Crippen LogP contribution < -0.4 is 10.6 Å². The van der Waals surface area contributed by atoms with Crippen molar-refractivity contribution in [2.24, 2.45) is 5.73 Å². The molecule has 1 aliphatic rings. The van der Waals surface area contributed by atoms with Crippen LogP contribution in [0.3, 0.4) is 0 Å². The molecule has 0 amide bonds. The van der Waals surface area contributed by atoms with Crippen LogP contribution in [0.2, 0.25) is 0 Å². The van der Waals surface area contributed by atoms with Gasteiger partial charge in [-0.3, -0.25) is 0 Å². The first-order valence-corrected chi connectivity index (χ1v) is 7.69. The van der Waals surface area contributed by atoms with Crippen molar-refractivity contribution in [2.75, 3.05) is 11.4 Å². The van der Waals surface area contributed by atoms with Gasteiger partial charge in [0.05, 0.1) is 5.69 Å². The van der Waals surface area contributed by atoms with E-state index in [4.69, 9.17) is 10.7 Å². The van der Waals surface area contributed by atoms with Crippen LogP contribution in [0.25, 0.3) is 10.8 Å². The molecule has 1 aromatic heterocycles. The Kier molecular flexibility index (Phi) is 3.88. The Hall–Kier alpha value is -1.61. The Morgan fingerprint density at radius 3 is 2.70 bits per heavy atom. The molecule has 0 atom stereocenters. The van der Waals surface area contributed by atoms with Crippen molar-refractivity contribution < 1.29 is 0 Å². The third kappa shape index (κ3) is 2.38. The molecule has 3 rings (SSSR count). The molecule has 2 N–H and O–H groups in total. The molecule has 0 aliphatic heterocycles. The van der Waals surface area contributed by atoms with E-state index in [0.29, 0.717) is 12.6 Å². The second-order valence-electron chi connectivity index (χ2n) is 5.59. The number of aromatic nitrogens is 1. The molecule has 1 aromatic carbocycles. The molecule has 1 aliphatic carbocycles. The third-order valence-corrected chi connectivity index (χ3v) is 4.36. The zero-order valence-electron chi connectivity index (χ0n) is 12.2. The van der Waals surface area contributed by atoms with Crippen LogP contribution in [-0.2, 0) is 6.54 Å². The molecule has 0 saturated heterocycles. The van der Waals surface area contributed by atoms with Crippen molar-refractivity contribution in [3.63, 3.8) is 0 Å². The summed E-state index contributed by atoms with van der Waals surface area (Å²) in [6.07, 6.45) is 5.26. The zero-order chi connectivity index (χ0) is 13.9. The molecule has 20 heavy (non-hydrogen) atoms. The van der Waals surface area contributed by atoms with Crippen LogP contribution in [0.4, 0.5) is 5.82 Å². The second kappa shape index (κ2) is 5.80. The first-order chi connectivity index (χ1) is 9.83. The van der Waals surface area contributed by atoms with E-state index >= 15 is 0 Å². The van der Waals surface area contributed by atoms with Gasteiger partial charge in [0.2, 0.25) is 0 Å². The number of nitrogens with zero attached hydrogens (tertiary/aromatic N) is 2. The lowest BCUT2D eigenvalue weighted by atomic mass is 10.1. The monoisotopic (exact) mass is 269 g/mol. The Morgan fingerprint density at radius 2 is 2.00 bits per heavy atom. The van der Waals surface area contributed by atoms with E-state index in [1.807, 2.05) is 0 Å². The summed E-state index contributed by atoms with van der Waals surface area (Å²) in [7, 11) is 0. The van der Waals surface area contributed by atoms with Crippen molar-refractivity contribution in [1.29, 1.82) is 0 Å². The highest BCUT2D eigenvalue weighted by Gasteiger charge is 2.24. The number of pyridine rings is 1. The lowest BCUT2D eigenvalue weighted by molar-refractivity contribution is 0.614. The molecule has 0 spiro atoms. The molecule has 1 heterocycles. The van der Waals surface area contributed by atoms with Gasteiger partial charge in [-0.05, 0) is 31.2 Å². The Morgan fingerprint density at radius 1 is 1.25 bits per heavy atom. The van der Waals surface area contributed by atoms with Gasteiger partial charge in [0, 0.05) is 24.5 Å². The van der Waals surface area contributed by atoms with Gasteiger partial charge < -0.3 is 10.6 Å². The van der Waals surface area contributed by atoms with Gasteiger partial charge in [-0.2, -0.15) is 0 Å². The summed E-state index contributed by atoms with van der Waals surface area (Å²) in [6.45, 7) is 3.74. The first kappa shape index (κ1) is 13.4. The van der Waals surface area contributed by atoms with E-state index in [1.165, 1.54) is 36.5 Å². The summed E-state index contributed by atoms with van der Waals surface area (Å²) < 4.78 is 0. The fourth-order valence-corrected chi connectivity index (χ4v) is 3.35. The van der Waals surface area contributed by atoms with E-state index in [0.717, 1.165) is 18.1 Å². The zero-order valence-corrected chi connectivity index (χ0v) is 12.2. The molecule has 3 nitrogen and oxygen atoms in total. The summed E-state index contributed by atoms with van der Waals surface area (Å²) in [4.78, 5) is 7.32. The van der Waals surface area contributed by atoms with Crippen molar-refractivity contribution in [2.45, 2.75) is 45.2 Å². The average molecular weight is 269 g/mol. The van der Waals surface area contributed by atoms with Gasteiger partial charge >= 0.3 is 0 Å². The predicted octanol–water partition coefficient (Wildman–Crippen LogP) is 3.46. The Balaban J connectivity index is 2.11. The molecule has 1 fully saturated rings. The molecular weight excluding hydrogens is 246 g/mol. The maximum atomic E-state index is 5.82. The van der Waals surface area contributed by atoms with E-state index < -0.39 is 0 Å². The number of nitrogens with two attached hydrogens (primary N) is 1. The summed E-state index contributed by atoms with van der Waals surface area (Å²) in [5.74, 6) is 1.12. The summed E-state index contributed by atoms with van der Waals surface area (Å²) >= 11 is 0. The number of anilines is 1. The largest absolute Gasteiger partial charge is 0.353 e. The van der Waals surface area contributed by atoms with Crippen LogP contribution in [0, 0.1) is 0 Å². The van der Waals surface area contributed by atoms with Gasteiger partial charge in [0.25, 0.3) is 0 Å². The lowest BCUT2D eigenvalue weighted by Gasteiger charge is -2.30. The highest BCUT2D eigenvalue weighted by molar-refractivity contribution is 5.92. The van der Waals surface area contributed by atoms with Crippen molar-refractivity contribution in [3.8, 4) is 0 Å². The van der Waals surface area contributed by atoms with Gasteiger partial charge in [0.1, 0.15) is 5.82 Å². The number of hydrogen-bond acceptors (Lipinski definition) is 3. The highest BCUT2D eigenvalue weighted by atomic mass is 15.2. The molecule has 2 aromatic rings. The standard InChI is InChI=1S/C17H23N3/c1-2-20(15-8-4-5-9-15)17-16-10-6-3-7-13(16)11-14(12-18)19-17/h3,6-7,10-11,15H,2,4-5,8-9,12,18H2,1H3. The molecule has 3 heteroatoms. The van der Waals surface area contributed by atoms with E-state index in [-0.39, 0.29) is 0 Å². The lowest BCUT2D eigenvalue weighted by Crippen LogP contribution is -2.34. The maximum absolute atomic E-state index is 5.82. The number of benzene rings is 1. The summed E-state index contributed by atoms with van der Waals surface area (Å²) in [6, 6.07) is 11.3. The molecule has 0 bridgehead atoms. The molecule has 0 unspecified atom stereocenters. The van der Waals surface area contributed by atoms with Crippen LogP contribution >= 0.6 is 0 Å². The van der Waals surface area contributed by atoms with Crippen molar-refractivity contribution in [1.82, 2.24) is 4.98 Å². The molecule has 106 valence electrons. The van der Waals surface area contributed by atoms with Crippen LogP contribution in [-0.4, -0.2) is 17.6 Å². The van der Waals surface area contributed by atoms with Crippen LogP contribution in [0.15, 0.2) is 30.3 Å². The van der Waals surface area contributed by atoms with Crippen molar-refractivity contribution >= 4 is 16.6 Å². The summed E-state index contributed by atoms with van der Waals surface area (Å²) in [5, 5.41) is 2.49. The number of rotatable bonds is 4. The number of hydrogen-bond donors (Lipinski definition) is 1. The Labute approximate surface area is 120 Å². The first-order valence-electron chi connectivity index (χ1n) is 7.69. The smallest absolute Gasteiger partial charge is 0.137 e. The average Bonchev–Trinajstić information content (AvgIpc) is 3.02. The Bertz CT molecular complexity index is 588. The van der Waals surface area contributed by atoms with E-state index in [1.54, 1.807) is 0 Å². The second-order valence-corrected chi connectivity index (χ2v) is 5.59. The van der Waals surface area contributed by atoms with Gasteiger partial charge in [-0.1, -0.05) is 37.1 Å². The van der Waals surface area contributed by atoms with Crippen LogP contribution in [0.5, 0.6) is 0 Å². The molecule has 1 saturated carbocycles.